The van der Waals surface area contributed by atoms with Gasteiger partial charge in [0.25, 0.3) is 0 Å². The minimum Gasteiger partial charge on any atom is -0.450 e. The molecule has 156 valence electrons. The highest BCUT2D eigenvalue weighted by atomic mass is 19.4. The molecule has 2 saturated heterocycles. The zero-order valence-corrected chi connectivity index (χ0v) is 16.0. The van der Waals surface area contributed by atoms with Gasteiger partial charge in [0.2, 0.25) is 0 Å². The summed E-state index contributed by atoms with van der Waals surface area (Å²) < 4.78 is 42.4. The van der Waals surface area contributed by atoms with Gasteiger partial charge in [0.05, 0.1) is 13.2 Å². The number of alkyl halides is 3. The third-order valence-corrected chi connectivity index (χ3v) is 4.92. The first-order chi connectivity index (χ1) is 12.8. The number of hydrogen-bond donors (Lipinski definition) is 2. The summed E-state index contributed by atoms with van der Waals surface area (Å²) in [5.41, 5.74) is 0. The molecule has 27 heavy (non-hydrogen) atoms. The fraction of sp³-hybridized carbons (Fsp3) is 0.882. The van der Waals surface area contributed by atoms with Crippen molar-refractivity contribution in [1.82, 2.24) is 20.4 Å². The van der Waals surface area contributed by atoms with Crippen LogP contribution in [0.1, 0.15) is 26.2 Å². The molecule has 1 amide bonds. The molecular formula is C17H30F3N5O2. The van der Waals surface area contributed by atoms with Crippen molar-refractivity contribution in [3.05, 3.63) is 0 Å². The van der Waals surface area contributed by atoms with E-state index in [-0.39, 0.29) is 18.1 Å². The van der Waals surface area contributed by atoms with E-state index in [1.54, 1.807) is 18.9 Å². The van der Waals surface area contributed by atoms with Crippen molar-refractivity contribution in [2.24, 2.45) is 10.9 Å². The number of ether oxygens (including phenoxy) is 1. The Bertz CT molecular complexity index is 507. The molecule has 2 aliphatic heterocycles. The van der Waals surface area contributed by atoms with Crippen LogP contribution in [0.25, 0.3) is 0 Å². The second kappa shape index (κ2) is 10.0. The Kier molecular flexibility index (Phi) is 8.00. The average Bonchev–Trinajstić information content (AvgIpc) is 3.04. The molecule has 0 aromatic carbocycles. The number of nitrogens with one attached hydrogen (secondary N) is 2. The van der Waals surface area contributed by atoms with E-state index in [0.717, 1.165) is 19.3 Å². The van der Waals surface area contributed by atoms with Gasteiger partial charge < -0.3 is 20.3 Å². The Balaban J connectivity index is 1.68. The number of carbonyl (C=O) groups excluding carboxylic acids is 1. The number of aliphatic imine (C=N–C) groups is 1. The van der Waals surface area contributed by atoms with Crippen LogP contribution >= 0.6 is 0 Å². The highest BCUT2D eigenvalue weighted by Crippen LogP contribution is 2.22. The van der Waals surface area contributed by atoms with E-state index in [1.165, 1.54) is 4.90 Å². The molecule has 10 heteroatoms. The van der Waals surface area contributed by atoms with E-state index < -0.39 is 12.7 Å². The lowest BCUT2D eigenvalue weighted by molar-refractivity contribution is -0.143. The van der Waals surface area contributed by atoms with Gasteiger partial charge in [0.1, 0.15) is 0 Å². The van der Waals surface area contributed by atoms with E-state index in [0.29, 0.717) is 45.3 Å². The second-order valence-corrected chi connectivity index (χ2v) is 7.06. The van der Waals surface area contributed by atoms with Crippen LogP contribution in [0, 0.1) is 5.92 Å². The lowest BCUT2D eigenvalue weighted by Crippen LogP contribution is -2.50. The number of amides is 1. The molecule has 0 aromatic heterocycles. The number of carbonyl (C=O) groups is 1. The number of halogens is 3. The lowest BCUT2D eigenvalue weighted by atomic mass is 10.1. The number of nitrogens with zero attached hydrogens (tertiary/aromatic N) is 3. The summed E-state index contributed by atoms with van der Waals surface area (Å²) in [4.78, 5) is 19.1. The standard InChI is InChI=1S/C17H30F3N5O2/c1-3-27-16(26)25-8-5-14(6-9-25)23-15(21-2)22-10-13-4-7-24(11-13)12-17(18,19)20/h13-14H,3-12H2,1-2H3,(H2,21,22,23). The molecule has 2 aliphatic rings. The summed E-state index contributed by atoms with van der Waals surface area (Å²) in [5.74, 6) is 0.829. The predicted octanol–water partition coefficient (Wildman–Crippen LogP) is 1.66. The first kappa shape index (κ1) is 21.6. The fourth-order valence-corrected chi connectivity index (χ4v) is 3.53. The maximum Gasteiger partial charge on any atom is 0.409 e. The third kappa shape index (κ3) is 7.43. The topological polar surface area (TPSA) is 69.2 Å². The van der Waals surface area contributed by atoms with Gasteiger partial charge in [-0.3, -0.25) is 9.89 Å². The summed E-state index contributed by atoms with van der Waals surface area (Å²) in [7, 11) is 1.67. The Morgan fingerprint density at radius 1 is 1.22 bits per heavy atom. The van der Waals surface area contributed by atoms with Gasteiger partial charge in [0, 0.05) is 39.3 Å². The van der Waals surface area contributed by atoms with E-state index in [1.807, 2.05) is 0 Å². The largest absolute Gasteiger partial charge is 0.450 e. The third-order valence-electron chi connectivity index (χ3n) is 4.92. The van der Waals surface area contributed by atoms with Crippen LogP contribution < -0.4 is 10.6 Å². The molecule has 2 N–H and O–H groups in total. The van der Waals surface area contributed by atoms with E-state index in [2.05, 4.69) is 15.6 Å². The van der Waals surface area contributed by atoms with Crippen molar-refractivity contribution < 1.29 is 22.7 Å². The van der Waals surface area contributed by atoms with Crippen LogP contribution in [-0.2, 0) is 4.74 Å². The molecule has 0 aromatic rings. The van der Waals surface area contributed by atoms with Gasteiger partial charge in [-0.25, -0.2) is 4.79 Å². The lowest BCUT2D eigenvalue weighted by Gasteiger charge is -2.32. The highest BCUT2D eigenvalue weighted by molar-refractivity contribution is 5.80. The SMILES string of the molecule is CCOC(=O)N1CCC(NC(=NC)NCC2CCN(CC(F)(F)F)C2)CC1. The smallest absolute Gasteiger partial charge is 0.409 e. The average molecular weight is 393 g/mol. The Hall–Kier alpha value is -1.71. The Morgan fingerprint density at radius 3 is 2.52 bits per heavy atom. The van der Waals surface area contributed by atoms with Crippen LogP contribution in [0.4, 0.5) is 18.0 Å². The van der Waals surface area contributed by atoms with Crippen molar-refractivity contribution in [2.75, 3.05) is 52.9 Å². The molecule has 0 bridgehead atoms. The monoisotopic (exact) mass is 393 g/mol. The zero-order chi connectivity index (χ0) is 19.9. The zero-order valence-electron chi connectivity index (χ0n) is 16.0. The van der Waals surface area contributed by atoms with Gasteiger partial charge >= 0.3 is 12.3 Å². The maximum atomic E-state index is 12.5. The molecule has 7 nitrogen and oxygen atoms in total. The highest BCUT2D eigenvalue weighted by Gasteiger charge is 2.34. The summed E-state index contributed by atoms with van der Waals surface area (Å²) in [5, 5.41) is 6.56. The molecule has 2 fully saturated rings. The van der Waals surface area contributed by atoms with Crippen LogP contribution in [0.2, 0.25) is 0 Å². The predicted molar refractivity (Wildman–Crippen MR) is 96.7 cm³/mol. The normalized spacial score (nSPS) is 22.8. The van der Waals surface area contributed by atoms with Crippen molar-refractivity contribution in [1.29, 1.82) is 0 Å². The van der Waals surface area contributed by atoms with Crippen LogP contribution in [0.15, 0.2) is 4.99 Å². The molecule has 0 aliphatic carbocycles. The second-order valence-electron chi connectivity index (χ2n) is 7.06. The quantitative estimate of drug-likeness (QED) is 0.549. The van der Waals surface area contributed by atoms with Crippen molar-refractivity contribution in [3.63, 3.8) is 0 Å². The van der Waals surface area contributed by atoms with E-state index in [4.69, 9.17) is 4.74 Å². The van der Waals surface area contributed by atoms with Gasteiger partial charge in [-0.05, 0) is 38.6 Å². The van der Waals surface area contributed by atoms with Crippen LogP contribution in [-0.4, -0.2) is 87.0 Å². The van der Waals surface area contributed by atoms with Gasteiger partial charge in [-0.15, -0.1) is 0 Å². The number of likely N-dealkylation sites (tertiary alicyclic amines) is 2. The summed E-state index contributed by atoms with van der Waals surface area (Å²) in [6.07, 6.45) is -2.08. The van der Waals surface area contributed by atoms with Gasteiger partial charge in [-0.2, -0.15) is 13.2 Å². The molecule has 1 atom stereocenters. The number of rotatable bonds is 5. The first-order valence-corrected chi connectivity index (χ1v) is 9.48. The number of guanidine groups is 1. The van der Waals surface area contributed by atoms with Crippen LogP contribution in [0.5, 0.6) is 0 Å². The first-order valence-electron chi connectivity index (χ1n) is 9.48. The summed E-state index contributed by atoms with van der Waals surface area (Å²) >= 11 is 0. The Labute approximate surface area is 158 Å². The van der Waals surface area contributed by atoms with Gasteiger partial charge in [0.15, 0.2) is 5.96 Å². The summed E-state index contributed by atoms with van der Waals surface area (Å²) in [6, 6.07) is 0.201. The maximum absolute atomic E-state index is 12.5. The van der Waals surface area contributed by atoms with Gasteiger partial charge in [-0.1, -0.05) is 0 Å². The minimum absolute atomic E-state index is 0.177. The molecule has 2 heterocycles. The Morgan fingerprint density at radius 2 is 1.93 bits per heavy atom. The molecule has 0 spiro atoms. The van der Waals surface area contributed by atoms with Crippen LogP contribution in [0.3, 0.4) is 0 Å². The minimum atomic E-state index is -4.14. The van der Waals surface area contributed by atoms with Crippen molar-refractivity contribution in [3.8, 4) is 0 Å². The number of piperidine rings is 1. The molecule has 0 saturated carbocycles. The fourth-order valence-electron chi connectivity index (χ4n) is 3.53. The molecule has 2 rings (SSSR count). The molecule has 1 unspecified atom stereocenters. The van der Waals surface area contributed by atoms with E-state index >= 15 is 0 Å². The molecular weight excluding hydrogens is 363 g/mol. The van der Waals surface area contributed by atoms with Crippen molar-refractivity contribution in [2.45, 2.75) is 38.4 Å². The molecule has 0 radical (unpaired) electrons. The van der Waals surface area contributed by atoms with Crippen molar-refractivity contribution >= 4 is 12.1 Å². The van der Waals surface area contributed by atoms with E-state index in [9.17, 15) is 18.0 Å². The number of hydrogen-bond acceptors (Lipinski definition) is 4. The summed E-state index contributed by atoms with van der Waals surface area (Å²) in [6.45, 7) is 4.09.